The molecule has 1 aliphatic rings. The molecule has 1 unspecified atom stereocenters. The Labute approximate surface area is 220 Å². The maximum absolute atomic E-state index is 13.9. The van der Waals surface area contributed by atoms with Crippen molar-refractivity contribution in [1.29, 1.82) is 0 Å². The molecule has 1 atom stereocenters. The summed E-state index contributed by atoms with van der Waals surface area (Å²) in [6, 6.07) is 9.47. The minimum atomic E-state index is -0.858. The van der Waals surface area contributed by atoms with Gasteiger partial charge in [0.2, 0.25) is 18.6 Å². The smallest absolute Gasteiger partial charge is 0.247 e. The van der Waals surface area contributed by atoms with Crippen LogP contribution in [0.4, 0.5) is 14.6 Å². The molecule has 2 aromatic carbocycles. The van der Waals surface area contributed by atoms with Crippen LogP contribution in [0.2, 0.25) is 0 Å². The minimum absolute atomic E-state index is 0.0662. The van der Waals surface area contributed by atoms with Gasteiger partial charge >= 0.3 is 0 Å². The van der Waals surface area contributed by atoms with Crippen LogP contribution in [0.15, 0.2) is 42.5 Å². The average Bonchev–Trinajstić information content (AvgIpc) is 3.45. The summed E-state index contributed by atoms with van der Waals surface area (Å²) in [4.78, 5) is 25.7. The third kappa shape index (κ3) is 5.79. The fraction of sp³-hybridized carbons (Fsp3) is 0.393. The molecular formula is C28H32F2N4O4. The van der Waals surface area contributed by atoms with Gasteiger partial charge in [-0.3, -0.25) is 9.59 Å². The number of nitrogens with one attached hydrogen (secondary N) is 2. The summed E-state index contributed by atoms with van der Waals surface area (Å²) in [5.41, 5.74) is 0.285. The van der Waals surface area contributed by atoms with E-state index in [1.807, 2.05) is 20.8 Å². The van der Waals surface area contributed by atoms with Crippen LogP contribution in [0, 0.1) is 11.6 Å². The number of amides is 2. The molecule has 4 rings (SSSR count). The molecule has 2 N–H and O–H groups in total. The molecule has 10 heteroatoms. The maximum Gasteiger partial charge on any atom is 0.247 e. The normalized spacial score (nSPS) is 13.8. The molecule has 2 amide bonds. The molecule has 0 spiro atoms. The monoisotopic (exact) mass is 526 g/mol. The Hall–Kier alpha value is -3.95. The highest BCUT2D eigenvalue weighted by atomic mass is 19.1. The summed E-state index contributed by atoms with van der Waals surface area (Å²) in [6.07, 6.45) is 0.0662. The van der Waals surface area contributed by atoms with E-state index >= 15 is 0 Å². The van der Waals surface area contributed by atoms with E-state index in [0.717, 1.165) is 11.6 Å². The number of rotatable bonds is 7. The molecule has 1 aromatic heterocycles. The quantitative estimate of drug-likeness (QED) is 0.467. The summed E-state index contributed by atoms with van der Waals surface area (Å²) >= 11 is 0. The van der Waals surface area contributed by atoms with Crippen LogP contribution >= 0.6 is 0 Å². The summed E-state index contributed by atoms with van der Waals surface area (Å²) < 4.78 is 40.2. The van der Waals surface area contributed by atoms with E-state index in [9.17, 15) is 18.4 Å². The molecule has 0 saturated heterocycles. The van der Waals surface area contributed by atoms with Gasteiger partial charge in [0.15, 0.2) is 11.5 Å². The highest BCUT2D eigenvalue weighted by molar-refractivity contribution is 5.96. The van der Waals surface area contributed by atoms with Crippen LogP contribution in [0.25, 0.3) is 0 Å². The van der Waals surface area contributed by atoms with Crippen LogP contribution in [0.5, 0.6) is 11.5 Å². The van der Waals surface area contributed by atoms with E-state index < -0.39 is 34.5 Å². The van der Waals surface area contributed by atoms with E-state index in [4.69, 9.17) is 14.6 Å². The first kappa shape index (κ1) is 27.1. The number of anilines is 1. The standard InChI is InChI=1S/C28H32F2N4O4/c1-16(31-25(35)10-17-7-8-21-22(9-17)38-15-37-21)26(36)32-24-14-23(33-34(24)27(2,3)4)28(5,6)18-11-19(29)13-20(30)12-18/h7-9,11-14,16H,10,15H2,1-6H3,(H,31,35)(H,32,36). The Morgan fingerprint density at radius 1 is 1.00 bits per heavy atom. The molecule has 2 heterocycles. The van der Waals surface area contributed by atoms with Gasteiger partial charge in [-0.05, 0) is 63.1 Å². The third-order valence-electron chi connectivity index (χ3n) is 6.39. The van der Waals surface area contributed by atoms with Crippen LogP contribution < -0.4 is 20.1 Å². The molecule has 0 fully saturated rings. The molecule has 0 radical (unpaired) electrons. The van der Waals surface area contributed by atoms with Crippen LogP contribution in [0.1, 0.15) is 58.4 Å². The molecule has 1 aliphatic heterocycles. The zero-order valence-corrected chi connectivity index (χ0v) is 22.3. The van der Waals surface area contributed by atoms with Gasteiger partial charge in [-0.1, -0.05) is 19.9 Å². The molecule has 0 saturated carbocycles. The number of halogens is 2. The van der Waals surface area contributed by atoms with Gasteiger partial charge in [-0.2, -0.15) is 5.10 Å². The fourth-order valence-corrected chi connectivity index (χ4v) is 4.18. The van der Waals surface area contributed by atoms with Gasteiger partial charge < -0.3 is 20.1 Å². The Morgan fingerprint density at radius 2 is 1.66 bits per heavy atom. The van der Waals surface area contributed by atoms with Gasteiger partial charge in [0, 0.05) is 17.5 Å². The summed E-state index contributed by atoms with van der Waals surface area (Å²) in [6.45, 7) is 11.1. The van der Waals surface area contributed by atoms with Crippen molar-refractivity contribution >= 4 is 17.6 Å². The van der Waals surface area contributed by atoms with Crippen LogP contribution in [-0.2, 0) is 27.0 Å². The Balaban J connectivity index is 1.49. The molecule has 0 aliphatic carbocycles. The van der Waals surface area contributed by atoms with Crippen molar-refractivity contribution in [1.82, 2.24) is 15.1 Å². The van der Waals surface area contributed by atoms with E-state index in [1.54, 1.807) is 49.7 Å². The van der Waals surface area contributed by atoms with E-state index in [1.165, 1.54) is 12.1 Å². The number of nitrogens with zero attached hydrogens (tertiary/aromatic N) is 2. The zero-order valence-electron chi connectivity index (χ0n) is 22.3. The maximum atomic E-state index is 13.9. The third-order valence-corrected chi connectivity index (χ3v) is 6.39. The van der Waals surface area contributed by atoms with Crippen molar-refractivity contribution in [3.05, 3.63) is 70.9 Å². The van der Waals surface area contributed by atoms with Crippen molar-refractivity contribution < 1.29 is 27.8 Å². The largest absolute Gasteiger partial charge is 0.454 e. The van der Waals surface area contributed by atoms with Gasteiger partial charge in [0.1, 0.15) is 23.5 Å². The van der Waals surface area contributed by atoms with Crippen molar-refractivity contribution in [3.63, 3.8) is 0 Å². The molecular weight excluding hydrogens is 494 g/mol. The van der Waals surface area contributed by atoms with E-state index in [-0.39, 0.29) is 19.1 Å². The second-order valence-corrected chi connectivity index (χ2v) is 10.9. The Kier molecular flexibility index (Phi) is 7.18. The molecule has 202 valence electrons. The second-order valence-electron chi connectivity index (χ2n) is 10.9. The number of carbonyl (C=O) groups excluding carboxylic acids is 2. The van der Waals surface area contributed by atoms with Crippen molar-refractivity contribution in [2.45, 2.75) is 65.0 Å². The lowest BCUT2D eigenvalue weighted by Crippen LogP contribution is -2.42. The minimum Gasteiger partial charge on any atom is -0.454 e. The Bertz CT molecular complexity index is 1360. The number of benzene rings is 2. The highest BCUT2D eigenvalue weighted by Crippen LogP contribution is 2.35. The zero-order chi connectivity index (χ0) is 27.8. The highest BCUT2D eigenvalue weighted by Gasteiger charge is 2.31. The summed E-state index contributed by atoms with van der Waals surface area (Å²) in [5, 5.41) is 10.3. The van der Waals surface area contributed by atoms with Gasteiger partial charge in [0.25, 0.3) is 0 Å². The SMILES string of the molecule is CC(NC(=O)Cc1ccc2c(c1)OCO2)C(=O)Nc1cc(C(C)(C)c2cc(F)cc(F)c2)nn1C(C)(C)C. The van der Waals surface area contributed by atoms with Gasteiger partial charge in [-0.25, -0.2) is 13.5 Å². The average molecular weight is 527 g/mol. The molecule has 38 heavy (non-hydrogen) atoms. The number of carbonyl (C=O) groups is 2. The topological polar surface area (TPSA) is 94.5 Å². The van der Waals surface area contributed by atoms with Gasteiger partial charge in [-0.15, -0.1) is 0 Å². The van der Waals surface area contributed by atoms with Crippen molar-refractivity contribution in [2.24, 2.45) is 0 Å². The number of ether oxygens (including phenoxy) is 2. The number of fused-ring (bicyclic) bond motifs is 1. The van der Waals surface area contributed by atoms with Crippen molar-refractivity contribution in [3.8, 4) is 11.5 Å². The summed E-state index contributed by atoms with van der Waals surface area (Å²) in [5.74, 6) is -0.510. The lowest BCUT2D eigenvalue weighted by Gasteiger charge is -2.25. The lowest BCUT2D eigenvalue weighted by molar-refractivity contribution is -0.125. The molecule has 0 bridgehead atoms. The first-order chi connectivity index (χ1) is 17.7. The molecule has 3 aromatic rings. The Morgan fingerprint density at radius 3 is 2.32 bits per heavy atom. The number of hydrogen-bond acceptors (Lipinski definition) is 5. The fourth-order valence-electron chi connectivity index (χ4n) is 4.18. The van der Waals surface area contributed by atoms with Crippen molar-refractivity contribution in [2.75, 3.05) is 12.1 Å². The summed E-state index contributed by atoms with van der Waals surface area (Å²) in [7, 11) is 0. The second kappa shape index (κ2) is 10.1. The molecule has 8 nitrogen and oxygen atoms in total. The first-order valence-electron chi connectivity index (χ1n) is 12.3. The first-order valence-corrected chi connectivity index (χ1v) is 12.3. The lowest BCUT2D eigenvalue weighted by atomic mass is 9.81. The van der Waals surface area contributed by atoms with Crippen LogP contribution in [-0.4, -0.2) is 34.4 Å². The predicted octanol–water partition coefficient (Wildman–Crippen LogP) is 4.66. The number of hydrogen-bond donors (Lipinski definition) is 2. The predicted molar refractivity (Wildman–Crippen MR) is 138 cm³/mol. The van der Waals surface area contributed by atoms with Crippen LogP contribution in [0.3, 0.4) is 0 Å². The van der Waals surface area contributed by atoms with E-state index in [2.05, 4.69) is 10.6 Å². The van der Waals surface area contributed by atoms with Gasteiger partial charge in [0.05, 0.1) is 17.7 Å². The van der Waals surface area contributed by atoms with E-state index in [0.29, 0.717) is 28.6 Å². The number of aromatic nitrogens is 2.